The van der Waals surface area contributed by atoms with Crippen LogP contribution >= 0.6 is 0 Å². The monoisotopic (exact) mass is 273 g/mol. The number of aromatic nitrogens is 4. The van der Waals surface area contributed by atoms with Crippen molar-refractivity contribution in [1.82, 2.24) is 25.1 Å². The van der Waals surface area contributed by atoms with Crippen LogP contribution in [0.2, 0.25) is 0 Å². The second-order valence-corrected chi connectivity index (χ2v) is 5.09. The molecule has 0 unspecified atom stereocenters. The summed E-state index contributed by atoms with van der Waals surface area (Å²) in [5, 5.41) is 7.08. The summed E-state index contributed by atoms with van der Waals surface area (Å²) >= 11 is 0. The first-order valence-electron chi connectivity index (χ1n) is 6.88. The molecule has 2 atom stereocenters. The van der Waals surface area contributed by atoms with Gasteiger partial charge in [0.25, 0.3) is 0 Å². The molecule has 1 fully saturated rings. The zero-order chi connectivity index (χ0) is 13.9. The second-order valence-electron chi connectivity index (χ2n) is 5.09. The van der Waals surface area contributed by atoms with Crippen molar-refractivity contribution in [2.24, 2.45) is 0 Å². The van der Waals surface area contributed by atoms with Gasteiger partial charge in [-0.3, -0.25) is 15.0 Å². The molecule has 1 aliphatic rings. The maximum Gasteiger partial charge on any atom is 0.180 e. The molecule has 0 saturated carbocycles. The van der Waals surface area contributed by atoms with Gasteiger partial charge in [0.15, 0.2) is 5.82 Å². The number of ether oxygens (including phenoxy) is 1. The summed E-state index contributed by atoms with van der Waals surface area (Å²) in [6.45, 7) is 6.54. The summed E-state index contributed by atoms with van der Waals surface area (Å²) in [6, 6.07) is 4.46. The largest absolute Gasteiger partial charge is 0.367 e. The highest BCUT2D eigenvalue weighted by atomic mass is 16.5. The van der Waals surface area contributed by atoms with Crippen LogP contribution in [0.25, 0.3) is 0 Å². The van der Waals surface area contributed by atoms with Crippen molar-refractivity contribution in [3.8, 4) is 0 Å². The van der Waals surface area contributed by atoms with Gasteiger partial charge in [0.1, 0.15) is 11.9 Å². The van der Waals surface area contributed by atoms with Gasteiger partial charge in [-0.25, -0.2) is 4.98 Å². The van der Waals surface area contributed by atoms with Crippen LogP contribution in [0.4, 0.5) is 0 Å². The Morgan fingerprint density at radius 3 is 2.90 bits per heavy atom. The van der Waals surface area contributed by atoms with Crippen molar-refractivity contribution >= 4 is 0 Å². The van der Waals surface area contributed by atoms with Crippen LogP contribution in [0.1, 0.15) is 36.3 Å². The molecular weight excluding hydrogens is 254 g/mol. The van der Waals surface area contributed by atoms with Crippen LogP contribution in [0.3, 0.4) is 0 Å². The molecule has 0 spiro atoms. The summed E-state index contributed by atoms with van der Waals surface area (Å²) in [4.78, 5) is 10.8. The van der Waals surface area contributed by atoms with E-state index in [1.54, 1.807) is 0 Å². The number of nitrogens with zero attached hydrogens (tertiary/aromatic N) is 4. The highest BCUT2D eigenvalue weighted by molar-refractivity contribution is 5.14. The van der Waals surface area contributed by atoms with Gasteiger partial charge in [-0.05, 0) is 31.5 Å². The van der Waals surface area contributed by atoms with E-state index in [0.29, 0.717) is 12.6 Å². The normalized spacial score (nSPS) is 21.8. The SMILES string of the molecule is Cc1nc([C@@H]2CN([C@H](C)c3ccncc3)CCO2)n[nH]1. The third kappa shape index (κ3) is 2.71. The van der Waals surface area contributed by atoms with Gasteiger partial charge in [0.2, 0.25) is 0 Å². The number of nitrogens with one attached hydrogen (secondary N) is 1. The zero-order valence-corrected chi connectivity index (χ0v) is 11.8. The van der Waals surface area contributed by atoms with Crippen molar-refractivity contribution in [2.45, 2.75) is 26.0 Å². The molecule has 0 bridgehead atoms. The third-order valence-electron chi connectivity index (χ3n) is 3.74. The average Bonchev–Trinajstić information content (AvgIpc) is 2.94. The number of rotatable bonds is 3. The maximum atomic E-state index is 5.79. The van der Waals surface area contributed by atoms with E-state index >= 15 is 0 Å². The number of hydrogen-bond acceptors (Lipinski definition) is 5. The quantitative estimate of drug-likeness (QED) is 0.921. The molecule has 6 heteroatoms. The van der Waals surface area contributed by atoms with E-state index in [-0.39, 0.29) is 6.10 Å². The molecule has 6 nitrogen and oxygen atoms in total. The van der Waals surface area contributed by atoms with Gasteiger partial charge in [-0.15, -0.1) is 0 Å². The molecule has 2 aromatic heterocycles. The molecule has 1 aliphatic heterocycles. The van der Waals surface area contributed by atoms with Gasteiger partial charge in [-0.2, -0.15) is 5.10 Å². The molecule has 0 aromatic carbocycles. The van der Waals surface area contributed by atoms with Crippen LogP contribution in [0, 0.1) is 6.92 Å². The average molecular weight is 273 g/mol. The Bertz CT molecular complexity index is 556. The molecule has 20 heavy (non-hydrogen) atoms. The Balaban J connectivity index is 1.72. The molecule has 3 heterocycles. The van der Waals surface area contributed by atoms with Crippen molar-refractivity contribution < 1.29 is 4.74 Å². The van der Waals surface area contributed by atoms with E-state index in [4.69, 9.17) is 4.74 Å². The standard InChI is InChI=1S/C14H19N5O/c1-10(12-3-5-15-6-4-12)19-7-8-20-13(9-19)14-16-11(2)17-18-14/h3-6,10,13H,7-9H2,1-2H3,(H,16,17,18)/t10-,13+/m1/s1. The van der Waals surface area contributed by atoms with E-state index in [1.165, 1.54) is 5.56 Å². The summed E-state index contributed by atoms with van der Waals surface area (Å²) < 4.78 is 5.79. The lowest BCUT2D eigenvalue weighted by molar-refractivity contribution is -0.0470. The van der Waals surface area contributed by atoms with Gasteiger partial charge in [0, 0.05) is 31.5 Å². The van der Waals surface area contributed by atoms with Crippen molar-refractivity contribution in [3.63, 3.8) is 0 Å². The fourth-order valence-electron chi connectivity index (χ4n) is 2.53. The van der Waals surface area contributed by atoms with E-state index in [9.17, 15) is 0 Å². The number of H-pyrrole nitrogens is 1. The molecule has 0 amide bonds. The lowest BCUT2D eigenvalue weighted by Gasteiger charge is -2.36. The number of aromatic amines is 1. The van der Waals surface area contributed by atoms with E-state index in [1.807, 2.05) is 19.3 Å². The minimum atomic E-state index is -0.0574. The van der Waals surface area contributed by atoms with Crippen molar-refractivity contribution in [1.29, 1.82) is 0 Å². The summed E-state index contributed by atoms with van der Waals surface area (Å²) in [5.74, 6) is 1.57. The highest BCUT2D eigenvalue weighted by Gasteiger charge is 2.28. The zero-order valence-electron chi connectivity index (χ0n) is 11.8. The summed E-state index contributed by atoms with van der Waals surface area (Å²) in [6.07, 6.45) is 3.61. The van der Waals surface area contributed by atoms with E-state index < -0.39 is 0 Å². The Labute approximate surface area is 118 Å². The van der Waals surface area contributed by atoms with Crippen LogP contribution < -0.4 is 0 Å². The first kappa shape index (κ1) is 13.2. The highest BCUT2D eigenvalue weighted by Crippen LogP contribution is 2.26. The Morgan fingerprint density at radius 2 is 2.20 bits per heavy atom. The van der Waals surface area contributed by atoms with Gasteiger partial charge >= 0.3 is 0 Å². The maximum absolute atomic E-state index is 5.79. The van der Waals surface area contributed by atoms with Crippen LogP contribution in [-0.2, 0) is 4.74 Å². The molecule has 3 rings (SSSR count). The molecule has 1 saturated heterocycles. The van der Waals surface area contributed by atoms with Crippen molar-refractivity contribution in [2.75, 3.05) is 19.7 Å². The fourth-order valence-corrected chi connectivity index (χ4v) is 2.53. The predicted octanol–water partition coefficient (Wildman–Crippen LogP) is 1.64. The van der Waals surface area contributed by atoms with Gasteiger partial charge in [-0.1, -0.05) is 0 Å². The minimum Gasteiger partial charge on any atom is -0.367 e. The number of morpholine rings is 1. The molecule has 2 aromatic rings. The van der Waals surface area contributed by atoms with Gasteiger partial charge < -0.3 is 4.74 Å². The molecule has 0 radical (unpaired) electrons. The smallest absolute Gasteiger partial charge is 0.180 e. The lowest BCUT2D eigenvalue weighted by Crippen LogP contribution is -2.40. The van der Waals surface area contributed by atoms with Crippen LogP contribution in [0.15, 0.2) is 24.5 Å². The third-order valence-corrected chi connectivity index (χ3v) is 3.74. The summed E-state index contributed by atoms with van der Waals surface area (Å²) in [5.41, 5.74) is 1.27. The minimum absolute atomic E-state index is 0.0574. The van der Waals surface area contributed by atoms with Crippen LogP contribution in [-0.4, -0.2) is 44.8 Å². The molecular formula is C14H19N5O. The fraction of sp³-hybridized carbons (Fsp3) is 0.500. The second kappa shape index (κ2) is 5.68. The topological polar surface area (TPSA) is 66.9 Å². The Hall–Kier alpha value is -1.79. The summed E-state index contributed by atoms with van der Waals surface area (Å²) in [7, 11) is 0. The van der Waals surface area contributed by atoms with E-state index in [2.05, 4.69) is 44.1 Å². The number of aryl methyl sites for hydroxylation is 1. The Morgan fingerprint density at radius 1 is 1.40 bits per heavy atom. The first-order valence-corrected chi connectivity index (χ1v) is 6.88. The van der Waals surface area contributed by atoms with Crippen molar-refractivity contribution in [3.05, 3.63) is 41.7 Å². The predicted molar refractivity (Wildman–Crippen MR) is 74.0 cm³/mol. The van der Waals surface area contributed by atoms with Gasteiger partial charge in [0.05, 0.1) is 6.61 Å². The number of hydrogen-bond donors (Lipinski definition) is 1. The number of pyridine rings is 1. The molecule has 106 valence electrons. The molecule has 0 aliphatic carbocycles. The van der Waals surface area contributed by atoms with E-state index in [0.717, 1.165) is 24.7 Å². The Kier molecular flexibility index (Phi) is 3.75. The first-order chi connectivity index (χ1) is 9.74. The lowest BCUT2D eigenvalue weighted by atomic mass is 10.1. The van der Waals surface area contributed by atoms with Crippen LogP contribution in [0.5, 0.6) is 0 Å². The molecule has 1 N–H and O–H groups in total.